The molecule has 0 aliphatic rings. The fraction of sp³-hybridized carbons (Fsp3) is 0.438. The molecule has 15 heteroatoms. The van der Waals surface area contributed by atoms with Crippen LogP contribution in [0, 0.1) is 11.8 Å². The number of carboxylic acid groups (broad SMARTS) is 2. The van der Waals surface area contributed by atoms with E-state index in [0.717, 1.165) is 35.6 Å². The van der Waals surface area contributed by atoms with Gasteiger partial charge in [0.25, 0.3) is 0 Å². The van der Waals surface area contributed by atoms with Crippen molar-refractivity contribution >= 4 is 41.3 Å². The van der Waals surface area contributed by atoms with Crippen LogP contribution in [0.4, 0.5) is 18.9 Å². The van der Waals surface area contributed by atoms with Gasteiger partial charge >= 0.3 is 18.1 Å². The van der Waals surface area contributed by atoms with Gasteiger partial charge in [0, 0.05) is 26.1 Å². The van der Waals surface area contributed by atoms with E-state index in [1.807, 2.05) is 44.2 Å². The Kier molecular flexibility index (Phi) is 15.6. The average Bonchev–Trinajstić information content (AvgIpc) is 2.97. The van der Waals surface area contributed by atoms with E-state index in [0.29, 0.717) is 6.54 Å². The molecule has 2 unspecified atom stereocenters. The number of halogens is 3. The van der Waals surface area contributed by atoms with Gasteiger partial charge in [-0.15, -0.1) is 0 Å². The number of carbonyl (C=O) groups is 6. The van der Waals surface area contributed by atoms with E-state index in [4.69, 9.17) is 10.2 Å². The SMILES string of the molecule is CC(=O)N(Cc1ccccc1)C(C(=O)NCC(=O)O)C(C)C.CC(=O)N(c1cccc(C(F)(F)F)c1)C(C(=O)NCC(=O)O)C(C)C. The van der Waals surface area contributed by atoms with Crippen LogP contribution < -0.4 is 15.5 Å². The van der Waals surface area contributed by atoms with Crippen molar-refractivity contribution in [3.63, 3.8) is 0 Å². The average molecular weight is 667 g/mol. The highest BCUT2D eigenvalue weighted by Gasteiger charge is 2.35. The first-order valence-corrected chi connectivity index (χ1v) is 14.5. The van der Waals surface area contributed by atoms with Gasteiger partial charge < -0.3 is 25.7 Å². The Balaban J connectivity index is 0.000000474. The van der Waals surface area contributed by atoms with Gasteiger partial charge in [-0.1, -0.05) is 64.1 Å². The second-order valence-electron chi connectivity index (χ2n) is 11.2. The normalized spacial score (nSPS) is 12.2. The summed E-state index contributed by atoms with van der Waals surface area (Å²) in [5.41, 5.74) is -0.134. The lowest BCUT2D eigenvalue weighted by atomic mass is 10.00. The number of alkyl halides is 3. The van der Waals surface area contributed by atoms with E-state index in [-0.39, 0.29) is 17.5 Å². The molecule has 2 aromatic rings. The molecular formula is C32H41F3N4O8. The smallest absolute Gasteiger partial charge is 0.416 e. The van der Waals surface area contributed by atoms with Crippen LogP contribution in [0.25, 0.3) is 0 Å². The van der Waals surface area contributed by atoms with Crippen LogP contribution in [-0.2, 0) is 41.5 Å². The van der Waals surface area contributed by atoms with Crippen molar-refractivity contribution in [1.82, 2.24) is 15.5 Å². The number of nitrogens with one attached hydrogen (secondary N) is 2. The minimum Gasteiger partial charge on any atom is -0.480 e. The lowest BCUT2D eigenvalue weighted by Crippen LogP contribution is -2.52. The molecule has 0 aliphatic heterocycles. The molecule has 258 valence electrons. The van der Waals surface area contributed by atoms with Crippen LogP contribution in [0.2, 0.25) is 0 Å². The molecule has 47 heavy (non-hydrogen) atoms. The third-order valence-electron chi connectivity index (χ3n) is 6.63. The van der Waals surface area contributed by atoms with Crippen molar-refractivity contribution in [1.29, 1.82) is 0 Å². The number of anilines is 1. The molecule has 0 fully saturated rings. The lowest BCUT2D eigenvalue weighted by Gasteiger charge is -2.33. The minimum absolute atomic E-state index is 0.0912. The van der Waals surface area contributed by atoms with Crippen molar-refractivity contribution in [3.05, 3.63) is 65.7 Å². The Labute approximate surface area is 270 Å². The van der Waals surface area contributed by atoms with Crippen molar-refractivity contribution < 1.29 is 52.2 Å². The van der Waals surface area contributed by atoms with E-state index in [1.54, 1.807) is 13.8 Å². The number of carbonyl (C=O) groups excluding carboxylic acids is 4. The van der Waals surface area contributed by atoms with Crippen molar-refractivity contribution in [2.24, 2.45) is 11.8 Å². The largest absolute Gasteiger partial charge is 0.480 e. The van der Waals surface area contributed by atoms with Crippen LogP contribution >= 0.6 is 0 Å². The van der Waals surface area contributed by atoms with Gasteiger partial charge in [-0.25, -0.2) is 0 Å². The molecule has 0 radical (unpaired) electrons. The summed E-state index contributed by atoms with van der Waals surface area (Å²) in [5.74, 6) is -5.07. The molecule has 4 N–H and O–H groups in total. The zero-order valence-electron chi connectivity index (χ0n) is 27.0. The molecule has 0 aromatic heterocycles. The van der Waals surface area contributed by atoms with E-state index in [2.05, 4.69) is 10.6 Å². The third kappa shape index (κ3) is 13.1. The summed E-state index contributed by atoms with van der Waals surface area (Å²) in [5, 5.41) is 21.8. The van der Waals surface area contributed by atoms with Crippen LogP contribution in [0.15, 0.2) is 54.6 Å². The molecule has 0 heterocycles. The monoisotopic (exact) mass is 666 g/mol. The van der Waals surface area contributed by atoms with Crippen LogP contribution in [-0.4, -0.2) is 75.9 Å². The van der Waals surface area contributed by atoms with Crippen LogP contribution in [0.3, 0.4) is 0 Å². The number of aliphatic carboxylic acids is 2. The highest BCUT2D eigenvalue weighted by Crippen LogP contribution is 2.33. The van der Waals surface area contributed by atoms with Crippen molar-refractivity contribution in [2.45, 2.75) is 66.3 Å². The fourth-order valence-corrected chi connectivity index (χ4v) is 4.61. The number of hydrogen-bond donors (Lipinski definition) is 4. The maximum Gasteiger partial charge on any atom is 0.416 e. The van der Waals surface area contributed by atoms with E-state index in [9.17, 15) is 41.9 Å². The zero-order chi connectivity index (χ0) is 36.1. The maximum absolute atomic E-state index is 12.9. The first-order valence-electron chi connectivity index (χ1n) is 14.5. The molecule has 0 spiro atoms. The fourth-order valence-electron chi connectivity index (χ4n) is 4.61. The number of hydrogen-bond acceptors (Lipinski definition) is 6. The number of amides is 4. The molecule has 0 aliphatic carbocycles. The second kappa shape index (κ2) is 18.3. The molecule has 2 rings (SSSR count). The van der Waals surface area contributed by atoms with E-state index in [1.165, 1.54) is 17.9 Å². The number of rotatable bonds is 13. The second-order valence-corrected chi connectivity index (χ2v) is 11.2. The van der Waals surface area contributed by atoms with Gasteiger partial charge in [0.1, 0.15) is 25.2 Å². The molecule has 2 atom stereocenters. The predicted molar refractivity (Wildman–Crippen MR) is 166 cm³/mol. The summed E-state index contributed by atoms with van der Waals surface area (Å²) in [6.45, 7) is 8.58. The molecule has 0 bridgehead atoms. The molecule has 4 amide bonds. The van der Waals surface area contributed by atoms with Gasteiger partial charge in [0.05, 0.1) is 5.56 Å². The number of benzene rings is 2. The van der Waals surface area contributed by atoms with Gasteiger partial charge in [-0.2, -0.15) is 13.2 Å². The van der Waals surface area contributed by atoms with Crippen molar-refractivity contribution in [2.75, 3.05) is 18.0 Å². The Bertz CT molecular complexity index is 1400. The van der Waals surface area contributed by atoms with Crippen molar-refractivity contribution in [3.8, 4) is 0 Å². The zero-order valence-corrected chi connectivity index (χ0v) is 27.0. The predicted octanol–water partition coefficient (Wildman–Crippen LogP) is 3.54. The van der Waals surface area contributed by atoms with Gasteiger partial charge in [-0.05, 0) is 35.6 Å². The summed E-state index contributed by atoms with van der Waals surface area (Å²) in [6, 6.07) is 11.6. The quantitative estimate of drug-likeness (QED) is 0.251. The number of nitrogens with zero attached hydrogens (tertiary/aromatic N) is 2. The van der Waals surface area contributed by atoms with E-state index >= 15 is 0 Å². The van der Waals surface area contributed by atoms with E-state index < -0.39 is 72.5 Å². The lowest BCUT2D eigenvalue weighted by molar-refractivity contribution is -0.143. The molecule has 12 nitrogen and oxygen atoms in total. The molecule has 2 aromatic carbocycles. The molecular weight excluding hydrogens is 625 g/mol. The molecule has 0 saturated heterocycles. The first-order chi connectivity index (χ1) is 21.8. The Morgan fingerprint density at radius 1 is 0.723 bits per heavy atom. The Hall–Kier alpha value is -4.95. The highest BCUT2D eigenvalue weighted by atomic mass is 19.4. The summed E-state index contributed by atoms with van der Waals surface area (Å²) in [6.07, 6.45) is -4.60. The van der Waals surface area contributed by atoms with Crippen LogP contribution in [0.1, 0.15) is 52.7 Å². The summed E-state index contributed by atoms with van der Waals surface area (Å²) in [4.78, 5) is 72.2. The Morgan fingerprint density at radius 2 is 1.21 bits per heavy atom. The standard InChI is InChI=1S/C16H19F3N2O4.C16H22N2O4/c1-9(2)14(15(25)20-8-13(23)24)21(10(3)22)12-6-4-5-11(7-12)16(17,18)19;1-11(2)15(16(22)17-9-14(20)21)18(12(3)19)10-13-7-5-4-6-8-13/h4-7,9,14H,8H2,1-3H3,(H,20,25)(H,23,24);4-8,11,15H,9-10H2,1-3H3,(H,17,22)(H,20,21). The Morgan fingerprint density at radius 3 is 1.62 bits per heavy atom. The third-order valence-corrected chi connectivity index (χ3v) is 6.63. The summed E-state index contributed by atoms with van der Waals surface area (Å²) < 4.78 is 38.7. The van der Waals surface area contributed by atoms with Gasteiger partial charge in [-0.3, -0.25) is 33.7 Å². The topological polar surface area (TPSA) is 173 Å². The summed E-state index contributed by atoms with van der Waals surface area (Å²) >= 11 is 0. The van der Waals surface area contributed by atoms with Crippen LogP contribution in [0.5, 0.6) is 0 Å². The maximum atomic E-state index is 12.9. The highest BCUT2D eigenvalue weighted by molar-refractivity contribution is 6.00. The molecule has 0 saturated carbocycles. The minimum atomic E-state index is -4.60. The summed E-state index contributed by atoms with van der Waals surface area (Å²) in [7, 11) is 0. The van der Waals surface area contributed by atoms with Gasteiger partial charge in [0.15, 0.2) is 0 Å². The number of carboxylic acids is 2. The first kappa shape index (κ1) is 40.1. The van der Waals surface area contributed by atoms with Gasteiger partial charge in [0.2, 0.25) is 23.6 Å².